The lowest BCUT2D eigenvalue weighted by atomic mass is 9.95. The molecule has 2 N–H and O–H groups in total. The summed E-state index contributed by atoms with van der Waals surface area (Å²) in [6.07, 6.45) is 8.49. The highest BCUT2D eigenvalue weighted by Gasteiger charge is 2.46. The van der Waals surface area contributed by atoms with Crippen molar-refractivity contribution in [2.45, 2.75) is 50.1 Å². The number of nitriles is 1. The summed E-state index contributed by atoms with van der Waals surface area (Å²) in [5.41, 5.74) is 2.51. The third-order valence-corrected chi connectivity index (χ3v) is 8.14. The second-order valence-electron chi connectivity index (χ2n) is 12.0. The number of pyridine rings is 2. The molecule has 244 valence electrons. The molecule has 4 heterocycles. The van der Waals surface area contributed by atoms with Gasteiger partial charge >= 0.3 is 0 Å². The molecular formula is C34H34F2N6O5. The molecule has 0 atom stereocenters. The van der Waals surface area contributed by atoms with Crippen molar-refractivity contribution in [3.05, 3.63) is 93.4 Å². The number of hydrogen-bond donors (Lipinski definition) is 2. The van der Waals surface area contributed by atoms with Crippen molar-refractivity contribution in [1.82, 2.24) is 19.8 Å². The first-order valence-corrected chi connectivity index (χ1v) is 15.5. The van der Waals surface area contributed by atoms with E-state index in [9.17, 15) is 28.4 Å². The number of hydrogen-bond acceptors (Lipinski definition) is 8. The van der Waals surface area contributed by atoms with Gasteiger partial charge in [-0.3, -0.25) is 14.4 Å². The number of nitrogens with one attached hydrogen (secondary N) is 2. The Bertz CT molecular complexity index is 1810. The summed E-state index contributed by atoms with van der Waals surface area (Å²) in [6.45, 7) is 0.508. The lowest BCUT2D eigenvalue weighted by molar-refractivity contribution is -0.113. The number of nitrogens with zero attached hydrogens (tertiary/aromatic N) is 4. The number of anilines is 1. The number of amides is 2. The van der Waals surface area contributed by atoms with Crippen molar-refractivity contribution in [3.8, 4) is 17.2 Å². The second-order valence-corrected chi connectivity index (χ2v) is 12.0. The van der Waals surface area contributed by atoms with Gasteiger partial charge < -0.3 is 29.6 Å². The number of benzene rings is 1. The van der Waals surface area contributed by atoms with Crippen LogP contribution in [0.3, 0.4) is 0 Å². The second kappa shape index (κ2) is 13.3. The molecule has 1 aromatic carbocycles. The maximum Gasteiger partial charge on any atom is 0.282 e. The van der Waals surface area contributed by atoms with Crippen molar-refractivity contribution in [3.63, 3.8) is 0 Å². The van der Waals surface area contributed by atoms with E-state index in [0.29, 0.717) is 30.9 Å². The van der Waals surface area contributed by atoms with Crippen LogP contribution in [0.15, 0.2) is 59.9 Å². The van der Waals surface area contributed by atoms with Crippen LogP contribution in [-0.4, -0.2) is 65.5 Å². The van der Waals surface area contributed by atoms with Crippen LogP contribution in [0, 0.1) is 11.3 Å². The number of likely N-dealkylation sites (tertiary alicyclic amines) is 1. The fraction of sp³-hybridized carbons (Fsp3) is 0.382. The largest absolute Gasteiger partial charge is 0.494 e. The quantitative estimate of drug-likeness (QED) is 0.364. The fourth-order valence-electron chi connectivity index (χ4n) is 5.47. The molecule has 0 spiro atoms. The zero-order valence-electron chi connectivity index (χ0n) is 25.8. The van der Waals surface area contributed by atoms with Crippen LogP contribution in [0.1, 0.15) is 75.2 Å². The Hall–Kier alpha value is -5.09. The zero-order chi connectivity index (χ0) is 33.1. The number of rotatable bonds is 8. The molecule has 0 unspecified atom stereocenters. The van der Waals surface area contributed by atoms with Gasteiger partial charge in [0.25, 0.3) is 23.3 Å². The van der Waals surface area contributed by atoms with Crippen LogP contribution in [0.25, 0.3) is 11.1 Å². The van der Waals surface area contributed by atoms with E-state index < -0.39 is 30.8 Å². The van der Waals surface area contributed by atoms with E-state index in [1.807, 2.05) is 12.1 Å². The van der Waals surface area contributed by atoms with E-state index in [-0.39, 0.29) is 40.0 Å². The van der Waals surface area contributed by atoms with Crippen molar-refractivity contribution < 1.29 is 27.8 Å². The molecule has 13 heteroatoms. The van der Waals surface area contributed by atoms with Crippen molar-refractivity contribution in [2.24, 2.45) is 0 Å². The Balaban J connectivity index is 0.000000580. The first-order chi connectivity index (χ1) is 22.7. The molecule has 2 saturated carbocycles. The van der Waals surface area contributed by atoms with E-state index in [0.717, 1.165) is 41.8 Å². The van der Waals surface area contributed by atoms with Crippen LogP contribution in [0.4, 0.5) is 14.6 Å². The third-order valence-electron chi connectivity index (χ3n) is 8.14. The number of carbonyl (C=O) groups excluding carboxylic acids is 2. The summed E-state index contributed by atoms with van der Waals surface area (Å²) in [7, 11) is 1.79. The number of aromatic nitrogens is 2. The van der Waals surface area contributed by atoms with Crippen LogP contribution in [0.5, 0.6) is 0 Å². The molecule has 1 saturated heterocycles. The van der Waals surface area contributed by atoms with Gasteiger partial charge in [-0.1, -0.05) is 6.07 Å². The van der Waals surface area contributed by atoms with Gasteiger partial charge in [0, 0.05) is 36.0 Å². The van der Waals surface area contributed by atoms with E-state index in [2.05, 4.69) is 15.6 Å². The maximum atomic E-state index is 13.5. The van der Waals surface area contributed by atoms with Gasteiger partial charge in [0.1, 0.15) is 37.1 Å². The van der Waals surface area contributed by atoms with Crippen molar-refractivity contribution >= 4 is 17.6 Å². The van der Waals surface area contributed by atoms with E-state index in [1.54, 1.807) is 54.6 Å². The lowest BCUT2D eigenvalue weighted by Crippen LogP contribution is -2.58. The van der Waals surface area contributed by atoms with Gasteiger partial charge in [0.15, 0.2) is 0 Å². The summed E-state index contributed by atoms with van der Waals surface area (Å²) in [4.78, 5) is 45.5. The molecule has 7 rings (SSSR count). The summed E-state index contributed by atoms with van der Waals surface area (Å²) in [5.74, 6) is -3.72. The fourth-order valence-corrected chi connectivity index (χ4v) is 5.47. The van der Waals surface area contributed by atoms with E-state index >= 15 is 0 Å². The van der Waals surface area contributed by atoms with E-state index in [4.69, 9.17) is 9.47 Å². The average molecular weight is 645 g/mol. The van der Waals surface area contributed by atoms with Crippen LogP contribution in [-0.2, 0) is 16.0 Å². The molecule has 3 fully saturated rings. The predicted octanol–water partition coefficient (Wildman–Crippen LogP) is 4.56. The molecule has 2 amide bonds. The SMILES string of the molecule is C1=COCCO1.CNCc1cc(C(=O)Nc2cc(-c3ccc(C#N)cc3C(=O)N3CC(F)(F)C3)cc(C3CC3)n2)c(=O)n(C2CC2)c1. The Morgan fingerprint density at radius 1 is 1.04 bits per heavy atom. The van der Waals surface area contributed by atoms with Gasteiger partial charge in [-0.05, 0) is 79.8 Å². The lowest BCUT2D eigenvalue weighted by Gasteiger charge is -2.39. The highest BCUT2D eigenvalue weighted by atomic mass is 19.3. The molecular weight excluding hydrogens is 610 g/mol. The third kappa shape index (κ3) is 7.49. The number of alkyl halides is 2. The van der Waals surface area contributed by atoms with Crippen LogP contribution < -0.4 is 16.2 Å². The van der Waals surface area contributed by atoms with Gasteiger partial charge in [-0.25, -0.2) is 13.8 Å². The smallest absolute Gasteiger partial charge is 0.282 e. The molecule has 2 aliphatic heterocycles. The topological polar surface area (TPSA) is 139 Å². The van der Waals surface area contributed by atoms with Gasteiger partial charge in [-0.15, -0.1) is 0 Å². The minimum absolute atomic E-state index is 0.0118. The molecule has 3 aromatic rings. The summed E-state index contributed by atoms with van der Waals surface area (Å²) in [6, 6.07) is 11.7. The Morgan fingerprint density at radius 3 is 2.34 bits per heavy atom. The van der Waals surface area contributed by atoms with Gasteiger partial charge in [-0.2, -0.15) is 5.26 Å². The normalized spacial score (nSPS) is 17.6. The minimum Gasteiger partial charge on any atom is -0.494 e. The molecule has 2 aromatic heterocycles. The maximum absolute atomic E-state index is 13.5. The standard InChI is InChI=1S/C30H28F2N6O3.C4H6O2/c1-34-13-18-9-24(29(41)38(14-18)21-5-6-21)27(39)36-26-11-20(10-25(35-26)19-3-4-19)22-7-2-17(12-33)8-23(22)28(40)37-15-30(31,32)16-37;1-2-6-4-3-5-1/h2,7-11,14,19,21,34H,3-6,13,15-16H2,1H3,(H,35,36,39);1-2H,3-4H2. The summed E-state index contributed by atoms with van der Waals surface area (Å²) >= 11 is 0. The van der Waals surface area contributed by atoms with E-state index in [1.165, 1.54) is 6.07 Å². The Kier molecular flexibility index (Phi) is 9.04. The highest BCUT2D eigenvalue weighted by molar-refractivity contribution is 6.05. The zero-order valence-corrected chi connectivity index (χ0v) is 25.8. The monoisotopic (exact) mass is 644 g/mol. The predicted molar refractivity (Wildman–Crippen MR) is 168 cm³/mol. The number of carbonyl (C=O) groups is 2. The molecule has 47 heavy (non-hydrogen) atoms. The number of halogens is 2. The highest BCUT2D eigenvalue weighted by Crippen LogP contribution is 2.42. The molecule has 11 nitrogen and oxygen atoms in total. The minimum atomic E-state index is -2.93. The first-order valence-electron chi connectivity index (χ1n) is 15.5. The van der Waals surface area contributed by atoms with Gasteiger partial charge in [0.2, 0.25) is 0 Å². The average Bonchev–Trinajstić information content (AvgIpc) is 3.99. The Morgan fingerprint density at radius 2 is 1.77 bits per heavy atom. The van der Waals surface area contributed by atoms with Crippen LogP contribution in [0.2, 0.25) is 0 Å². The summed E-state index contributed by atoms with van der Waals surface area (Å²) in [5, 5.41) is 15.3. The first kappa shape index (κ1) is 31.9. The van der Waals surface area contributed by atoms with Crippen molar-refractivity contribution in [1.29, 1.82) is 5.26 Å². The van der Waals surface area contributed by atoms with Crippen molar-refractivity contribution in [2.75, 3.05) is 38.7 Å². The van der Waals surface area contributed by atoms with Crippen LogP contribution >= 0.6 is 0 Å². The molecule has 0 radical (unpaired) electrons. The molecule has 4 aliphatic rings. The Labute approximate surface area is 269 Å². The molecule has 0 bridgehead atoms. The summed E-state index contributed by atoms with van der Waals surface area (Å²) < 4.78 is 38.2. The van der Waals surface area contributed by atoms with Gasteiger partial charge in [0.05, 0.1) is 24.7 Å². The number of ether oxygens (including phenoxy) is 2. The molecule has 2 aliphatic carbocycles.